The predicted octanol–water partition coefficient (Wildman–Crippen LogP) is 1.73. The van der Waals surface area contributed by atoms with E-state index in [1.54, 1.807) is 12.1 Å². The molecule has 0 aliphatic carbocycles. The molecule has 0 spiro atoms. The Labute approximate surface area is 133 Å². The SMILES string of the molecule is CC(C)CC(CNC(=O)CCNC(=O)c1cccs1)C(=O)O. The Bertz CT molecular complexity index is 500. The first-order valence-corrected chi connectivity index (χ1v) is 8.09. The van der Waals surface area contributed by atoms with Gasteiger partial charge in [-0.15, -0.1) is 11.3 Å². The number of aliphatic carboxylic acids is 1. The Balaban J connectivity index is 2.25. The van der Waals surface area contributed by atoms with Crippen LogP contribution >= 0.6 is 11.3 Å². The summed E-state index contributed by atoms with van der Waals surface area (Å²) in [6, 6.07) is 3.50. The van der Waals surface area contributed by atoms with E-state index in [4.69, 9.17) is 5.11 Å². The highest BCUT2D eigenvalue weighted by Gasteiger charge is 2.19. The number of carboxylic acids is 1. The van der Waals surface area contributed by atoms with Crippen LogP contribution in [0.2, 0.25) is 0 Å². The molecule has 3 N–H and O–H groups in total. The molecule has 122 valence electrons. The molecule has 22 heavy (non-hydrogen) atoms. The zero-order chi connectivity index (χ0) is 16.5. The van der Waals surface area contributed by atoms with Gasteiger partial charge >= 0.3 is 5.97 Å². The average molecular weight is 326 g/mol. The summed E-state index contributed by atoms with van der Waals surface area (Å²) in [5, 5.41) is 16.2. The van der Waals surface area contributed by atoms with Crippen LogP contribution in [0.4, 0.5) is 0 Å². The lowest BCUT2D eigenvalue weighted by molar-refractivity contribution is -0.142. The number of hydrogen-bond acceptors (Lipinski definition) is 4. The molecule has 1 unspecified atom stereocenters. The largest absolute Gasteiger partial charge is 0.481 e. The van der Waals surface area contributed by atoms with Gasteiger partial charge in [-0.25, -0.2) is 0 Å². The van der Waals surface area contributed by atoms with Gasteiger partial charge < -0.3 is 15.7 Å². The van der Waals surface area contributed by atoms with E-state index in [1.807, 2.05) is 19.2 Å². The molecule has 6 nitrogen and oxygen atoms in total. The topological polar surface area (TPSA) is 95.5 Å². The maximum Gasteiger partial charge on any atom is 0.308 e. The minimum atomic E-state index is -0.903. The lowest BCUT2D eigenvalue weighted by atomic mass is 9.97. The molecule has 0 aromatic carbocycles. The van der Waals surface area contributed by atoms with Gasteiger partial charge in [0.05, 0.1) is 10.8 Å². The second-order valence-electron chi connectivity index (χ2n) is 5.45. The number of rotatable bonds is 9. The molecule has 1 atom stereocenters. The number of nitrogens with one attached hydrogen (secondary N) is 2. The normalized spacial score (nSPS) is 12.0. The van der Waals surface area contributed by atoms with Crippen molar-refractivity contribution in [3.8, 4) is 0 Å². The first-order valence-electron chi connectivity index (χ1n) is 7.21. The fraction of sp³-hybridized carbons (Fsp3) is 0.533. The molecular formula is C15H22N2O4S. The smallest absolute Gasteiger partial charge is 0.308 e. The minimum Gasteiger partial charge on any atom is -0.481 e. The summed E-state index contributed by atoms with van der Waals surface area (Å²) < 4.78 is 0. The van der Waals surface area contributed by atoms with Crippen LogP contribution in [0, 0.1) is 11.8 Å². The van der Waals surface area contributed by atoms with E-state index in [9.17, 15) is 14.4 Å². The van der Waals surface area contributed by atoms with Crippen molar-refractivity contribution < 1.29 is 19.5 Å². The summed E-state index contributed by atoms with van der Waals surface area (Å²) in [6.45, 7) is 4.23. The van der Waals surface area contributed by atoms with Crippen molar-refractivity contribution in [3.63, 3.8) is 0 Å². The van der Waals surface area contributed by atoms with Gasteiger partial charge in [0.1, 0.15) is 0 Å². The Hall–Kier alpha value is -1.89. The van der Waals surface area contributed by atoms with Crippen molar-refractivity contribution in [1.82, 2.24) is 10.6 Å². The number of thiophene rings is 1. The Kier molecular flexibility index (Phi) is 7.59. The second-order valence-corrected chi connectivity index (χ2v) is 6.40. The average Bonchev–Trinajstić information content (AvgIpc) is 2.96. The summed E-state index contributed by atoms with van der Waals surface area (Å²) >= 11 is 1.34. The van der Waals surface area contributed by atoms with E-state index in [0.717, 1.165) is 0 Å². The maximum absolute atomic E-state index is 11.7. The van der Waals surface area contributed by atoms with E-state index < -0.39 is 11.9 Å². The summed E-state index contributed by atoms with van der Waals surface area (Å²) in [5.74, 6) is -1.69. The van der Waals surface area contributed by atoms with Crippen LogP contribution in [-0.2, 0) is 9.59 Å². The van der Waals surface area contributed by atoms with Gasteiger partial charge in [-0.05, 0) is 23.8 Å². The summed E-state index contributed by atoms with van der Waals surface area (Å²) in [4.78, 5) is 35.0. The van der Waals surface area contributed by atoms with Crippen molar-refractivity contribution >= 4 is 29.1 Å². The van der Waals surface area contributed by atoms with E-state index >= 15 is 0 Å². The molecule has 0 bridgehead atoms. The van der Waals surface area contributed by atoms with E-state index in [0.29, 0.717) is 11.3 Å². The first-order chi connectivity index (χ1) is 10.4. The lowest BCUT2D eigenvalue weighted by Crippen LogP contribution is -2.35. The quantitative estimate of drug-likeness (QED) is 0.644. The highest BCUT2D eigenvalue weighted by molar-refractivity contribution is 7.12. The van der Waals surface area contributed by atoms with Crippen molar-refractivity contribution in [3.05, 3.63) is 22.4 Å². The van der Waals surface area contributed by atoms with Crippen LogP contribution in [0.3, 0.4) is 0 Å². The third-order valence-corrected chi connectivity index (χ3v) is 3.90. The maximum atomic E-state index is 11.7. The number of amides is 2. The van der Waals surface area contributed by atoms with Gasteiger partial charge in [-0.2, -0.15) is 0 Å². The highest BCUT2D eigenvalue weighted by atomic mass is 32.1. The zero-order valence-corrected chi connectivity index (χ0v) is 13.6. The monoisotopic (exact) mass is 326 g/mol. The van der Waals surface area contributed by atoms with Crippen LogP contribution in [0.1, 0.15) is 36.4 Å². The number of carbonyl (C=O) groups is 3. The van der Waals surface area contributed by atoms with Crippen molar-refractivity contribution in [1.29, 1.82) is 0 Å². The molecule has 0 fully saturated rings. The number of hydrogen-bond donors (Lipinski definition) is 3. The van der Waals surface area contributed by atoms with Crippen molar-refractivity contribution in [2.24, 2.45) is 11.8 Å². The summed E-state index contributed by atoms with van der Waals surface area (Å²) in [6.07, 6.45) is 0.649. The van der Waals surface area contributed by atoms with Gasteiger partial charge in [0.25, 0.3) is 5.91 Å². The Morgan fingerprint density at radius 1 is 1.27 bits per heavy atom. The van der Waals surface area contributed by atoms with E-state index in [1.165, 1.54) is 11.3 Å². The minimum absolute atomic E-state index is 0.116. The molecular weight excluding hydrogens is 304 g/mol. The summed E-state index contributed by atoms with van der Waals surface area (Å²) in [7, 11) is 0. The Morgan fingerprint density at radius 3 is 2.55 bits per heavy atom. The first kappa shape index (κ1) is 18.2. The van der Waals surface area contributed by atoms with Gasteiger partial charge in [0, 0.05) is 19.5 Å². The molecule has 1 aromatic heterocycles. The third-order valence-electron chi connectivity index (χ3n) is 3.03. The fourth-order valence-electron chi connectivity index (χ4n) is 1.95. The molecule has 7 heteroatoms. The number of carbonyl (C=O) groups excluding carboxylic acids is 2. The fourth-order valence-corrected chi connectivity index (χ4v) is 2.59. The predicted molar refractivity (Wildman–Crippen MR) is 84.9 cm³/mol. The molecule has 0 radical (unpaired) electrons. The second kappa shape index (κ2) is 9.19. The van der Waals surface area contributed by atoms with Crippen LogP contribution in [0.5, 0.6) is 0 Å². The molecule has 2 amide bonds. The molecule has 1 rings (SSSR count). The number of carboxylic acid groups (broad SMARTS) is 1. The molecule has 1 aromatic rings. The molecule has 0 aliphatic rings. The van der Waals surface area contributed by atoms with Gasteiger partial charge in [-0.3, -0.25) is 14.4 Å². The zero-order valence-electron chi connectivity index (χ0n) is 12.8. The lowest BCUT2D eigenvalue weighted by Gasteiger charge is -2.15. The van der Waals surface area contributed by atoms with Gasteiger partial charge in [-0.1, -0.05) is 19.9 Å². The highest BCUT2D eigenvalue weighted by Crippen LogP contribution is 2.11. The third kappa shape index (κ3) is 6.71. The van der Waals surface area contributed by atoms with Crippen LogP contribution < -0.4 is 10.6 Å². The van der Waals surface area contributed by atoms with E-state index in [-0.39, 0.29) is 37.2 Å². The van der Waals surface area contributed by atoms with Crippen LogP contribution in [-0.4, -0.2) is 36.0 Å². The molecule has 0 saturated carbocycles. The molecule has 0 aliphatic heterocycles. The Morgan fingerprint density at radius 2 is 2.00 bits per heavy atom. The van der Waals surface area contributed by atoms with Crippen molar-refractivity contribution in [2.45, 2.75) is 26.7 Å². The van der Waals surface area contributed by atoms with Crippen molar-refractivity contribution in [2.75, 3.05) is 13.1 Å². The molecule has 1 heterocycles. The molecule has 0 saturated heterocycles. The summed E-state index contributed by atoms with van der Waals surface area (Å²) in [5.41, 5.74) is 0. The van der Waals surface area contributed by atoms with Crippen LogP contribution in [0.15, 0.2) is 17.5 Å². The standard InChI is InChI=1S/C15H22N2O4S/c1-10(2)8-11(15(20)21)9-17-13(18)5-6-16-14(19)12-4-3-7-22-12/h3-4,7,10-11H,5-6,8-9H2,1-2H3,(H,16,19)(H,17,18)(H,20,21). The van der Waals surface area contributed by atoms with Crippen LogP contribution in [0.25, 0.3) is 0 Å². The van der Waals surface area contributed by atoms with Gasteiger partial charge in [0.15, 0.2) is 0 Å². The van der Waals surface area contributed by atoms with E-state index in [2.05, 4.69) is 10.6 Å². The van der Waals surface area contributed by atoms with Gasteiger partial charge in [0.2, 0.25) is 5.91 Å².